The Hall–Kier alpha value is -4.77. The molecule has 1 atom stereocenters. The summed E-state index contributed by atoms with van der Waals surface area (Å²) in [5, 5.41) is 11.8. The van der Waals surface area contributed by atoms with E-state index in [9.17, 15) is 14.7 Å². The molecule has 4 aromatic rings. The number of fused-ring (bicyclic) bond motifs is 1. The van der Waals surface area contributed by atoms with Crippen molar-refractivity contribution in [1.82, 2.24) is 4.98 Å². The van der Waals surface area contributed by atoms with Gasteiger partial charge in [-0.3, -0.25) is 14.5 Å². The molecule has 1 unspecified atom stereocenters. The van der Waals surface area contributed by atoms with Crippen LogP contribution >= 0.6 is 11.3 Å². The van der Waals surface area contributed by atoms with Gasteiger partial charge in [0.2, 0.25) is 5.75 Å². The topological polar surface area (TPSA) is 117 Å². The molecule has 1 aliphatic rings. The third kappa shape index (κ3) is 4.89. The zero-order valence-corrected chi connectivity index (χ0v) is 23.9. The zero-order chi connectivity index (χ0) is 29.3. The lowest BCUT2D eigenvalue weighted by molar-refractivity contribution is -0.132. The monoisotopic (exact) mass is 576 g/mol. The van der Waals surface area contributed by atoms with Gasteiger partial charge in [-0.25, -0.2) is 4.98 Å². The number of anilines is 1. The Morgan fingerprint density at radius 3 is 2.29 bits per heavy atom. The number of nitrogens with zero attached hydrogens (tertiary/aromatic N) is 2. The molecule has 0 radical (unpaired) electrons. The van der Waals surface area contributed by atoms with Crippen LogP contribution in [-0.2, 0) is 9.59 Å². The lowest BCUT2D eigenvalue weighted by atomic mass is 9.94. The Morgan fingerprint density at radius 2 is 1.66 bits per heavy atom. The smallest absolute Gasteiger partial charge is 0.301 e. The molecule has 5 rings (SSSR count). The molecule has 11 heteroatoms. The fourth-order valence-corrected chi connectivity index (χ4v) is 5.80. The SMILES string of the molecule is CCOc1cccc(C(O)=C2C(=O)C(=O)N(c3nc4ccc(OC)cc4s3)C2c2cc(OC)c(OC)c(OC)c2)c1. The number of carbonyl (C=O) groups excluding carboxylic acids is 2. The van der Waals surface area contributed by atoms with E-state index < -0.39 is 17.7 Å². The van der Waals surface area contributed by atoms with Crippen LogP contribution in [0.1, 0.15) is 24.1 Å². The van der Waals surface area contributed by atoms with E-state index in [0.717, 1.165) is 4.70 Å². The molecule has 1 aliphatic heterocycles. The van der Waals surface area contributed by atoms with Gasteiger partial charge in [-0.15, -0.1) is 0 Å². The van der Waals surface area contributed by atoms with Gasteiger partial charge in [0, 0.05) is 5.56 Å². The Kier molecular flexibility index (Phi) is 7.71. The highest BCUT2D eigenvalue weighted by molar-refractivity contribution is 7.22. The van der Waals surface area contributed by atoms with Crippen molar-refractivity contribution in [1.29, 1.82) is 0 Å². The molecule has 0 aliphatic carbocycles. The van der Waals surface area contributed by atoms with Crippen LogP contribution in [-0.4, -0.2) is 56.8 Å². The van der Waals surface area contributed by atoms with Crippen LogP contribution in [0, 0.1) is 0 Å². The van der Waals surface area contributed by atoms with Crippen LogP contribution in [0.4, 0.5) is 5.13 Å². The van der Waals surface area contributed by atoms with Crippen molar-refractivity contribution in [3.63, 3.8) is 0 Å². The minimum absolute atomic E-state index is 0.116. The third-order valence-electron chi connectivity index (χ3n) is 6.66. The number of aromatic nitrogens is 1. The maximum atomic E-state index is 13.7. The van der Waals surface area contributed by atoms with Gasteiger partial charge in [0.1, 0.15) is 17.3 Å². The van der Waals surface area contributed by atoms with E-state index in [-0.39, 0.29) is 16.5 Å². The standard InChI is InChI=1S/C30H28N2O8S/c1-6-40-19-9-7-8-16(12-19)26(33)24-25(17-13-21(37-3)28(39-5)22(14-17)38-4)32(29(35)27(24)34)30-31-20-11-10-18(36-2)15-23(20)41-30/h7-15,25,33H,6H2,1-5H3. The summed E-state index contributed by atoms with van der Waals surface area (Å²) in [6, 6.07) is 14.3. The van der Waals surface area contributed by atoms with Gasteiger partial charge in [-0.05, 0) is 55.0 Å². The average Bonchev–Trinajstić information content (AvgIpc) is 3.53. The highest BCUT2D eigenvalue weighted by Gasteiger charge is 2.48. The Morgan fingerprint density at radius 1 is 0.927 bits per heavy atom. The van der Waals surface area contributed by atoms with Gasteiger partial charge in [0.25, 0.3) is 5.78 Å². The Balaban J connectivity index is 1.77. The van der Waals surface area contributed by atoms with Crippen LogP contribution in [0.2, 0.25) is 0 Å². The molecule has 41 heavy (non-hydrogen) atoms. The second-order valence-electron chi connectivity index (χ2n) is 8.92. The molecule has 1 aromatic heterocycles. The molecular formula is C30H28N2O8S. The second kappa shape index (κ2) is 11.4. The number of ether oxygens (including phenoxy) is 5. The van der Waals surface area contributed by atoms with Crippen LogP contribution in [0.15, 0.2) is 60.2 Å². The molecule has 10 nitrogen and oxygen atoms in total. The van der Waals surface area contributed by atoms with Gasteiger partial charge in [-0.2, -0.15) is 0 Å². The summed E-state index contributed by atoms with van der Waals surface area (Å²) >= 11 is 1.22. The summed E-state index contributed by atoms with van der Waals surface area (Å²) in [7, 11) is 5.98. The largest absolute Gasteiger partial charge is 0.507 e. The molecule has 1 saturated heterocycles. The number of amides is 1. The lowest BCUT2D eigenvalue weighted by Gasteiger charge is -2.24. The average molecular weight is 577 g/mol. The highest BCUT2D eigenvalue weighted by Crippen LogP contribution is 2.48. The maximum absolute atomic E-state index is 13.7. The number of carbonyl (C=O) groups is 2. The number of hydrogen-bond donors (Lipinski definition) is 1. The summed E-state index contributed by atoms with van der Waals surface area (Å²) in [6.07, 6.45) is 0. The molecule has 1 N–H and O–H groups in total. The van der Waals surface area contributed by atoms with Crippen LogP contribution < -0.4 is 28.6 Å². The summed E-state index contributed by atoms with van der Waals surface area (Å²) in [5.41, 5.74) is 1.27. The van der Waals surface area contributed by atoms with Crippen molar-refractivity contribution < 1.29 is 38.4 Å². The number of rotatable bonds is 9. The Bertz CT molecular complexity index is 1650. The van der Waals surface area contributed by atoms with Crippen molar-refractivity contribution >= 4 is 44.1 Å². The lowest BCUT2D eigenvalue weighted by Crippen LogP contribution is -2.29. The number of aliphatic hydroxyl groups is 1. The molecule has 1 fully saturated rings. The van der Waals surface area contributed by atoms with Crippen molar-refractivity contribution in [3.05, 3.63) is 71.3 Å². The van der Waals surface area contributed by atoms with Crippen molar-refractivity contribution in [2.75, 3.05) is 39.9 Å². The number of ketones is 1. The van der Waals surface area contributed by atoms with E-state index in [1.807, 2.05) is 6.92 Å². The van der Waals surface area contributed by atoms with Crippen molar-refractivity contribution in [3.8, 4) is 28.7 Å². The Labute approximate surface area is 240 Å². The number of hydrogen-bond acceptors (Lipinski definition) is 10. The summed E-state index contributed by atoms with van der Waals surface area (Å²) < 4.78 is 28.3. The van der Waals surface area contributed by atoms with Crippen LogP contribution in [0.25, 0.3) is 16.0 Å². The molecular weight excluding hydrogens is 548 g/mol. The molecule has 212 valence electrons. The first-order chi connectivity index (χ1) is 19.8. The van der Waals surface area contributed by atoms with E-state index in [1.54, 1.807) is 61.7 Å². The van der Waals surface area contributed by atoms with E-state index in [0.29, 0.717) is 52.0 Å². The number of methoxy groups -OCH3 is 4. The van der Waals surface area contributed by atoms with E-state index in [4.69, 9.17) is 23.7 Å². The molecule has 2 heterocycles. The minimum atomic E-state index is -1.07. The van der Waals surface area contributed by atoms with Gasteiger partial charge in [0.05, 0.1) is 56.9 Å². The normalized spacial score (nSPS) is 16.2. The third-order valence-corrected chi connectivity index (χ3v) is 7.67. The summed E-state index contributed by atoms with van der Waals surface area (Å²) in [5.74, 6) is 0.0679. The highest BCUT2D eigenvalue weighted by atomic mass is 32.1. The fourth-order valence-electron chi connectivity index (χ4n) is 4.78. The quantitative estimate of drug-likeness (QED) is 0.160. The van der Waals surface area contributed by atoms with Crippen LogP contribution in [0.3, 0.4) is 0 Å². The fraction of sp³-hybridized carbons (Fsp3) is 0.233. The predicted octanol–water partition coefficient (Wildman–Crippen LogP) is 5.36. The first-order valence-electron chi connectivity index (χ1n) is 12.6. The molecule has 0 spiro atoms. The van der Waals surface area contributed by atoms with Crippen molar-refractivity contribution in [2.24, 2.45) is 0 Å². The summed E-state index contributed by atoms with van der Waals surface area (Å²) in [4.78, 5) is 33.3. The van der Waals surface area contributed by atoms with E-state index in [2.05, 4.69) is 4.98 Å². The van der Waals surface area contributed by atoms with E-state index >= 15 is 0 Å². The van der Waals surface area contributed by atoms with Gasteiger partial charge >= 0.3 is 5.91 Å². The molecule has 1 amide bonds. The van der Waals surface area contributed by atoms with E-state index in [1.165, 1.54) is 37.6 Å². The number of benzene rings is 3. The number of thiazole rings is 1. The van der Waals surface area contributed by atoms with Gasteiger partial charge in [0.15, 0.2) is 16.6 Å². The van der Waals surface area contributed by atoms with Gasteiger partial charge < -0.3 is 28.8 Å². The maximum Gasteiger partial charge on any atom is 0.301 e. The predicted molar refractivity (Wildman–Crippen MR) is 155 cm³/mol. The minimum Gasteiger partial charge on any atom is -0.507 e. The molecule has 0 saturated carbocycles. The second-order valence-corrected chi connectivity index (χ2v) is 9.93. The first kappa shape index (κ1) is 27.8. The zero-order valence-electron chi connectivity index (χ0n) is 23.1. The summed E-state index contributed by atoms with van der Waals surface area (Å²) in [6.45, 7) is 2.26. The molecule has 0 bridgehead atoms. The number of aliphatic hydroxyl groups excluding tert-OH is 1. The molecule has 3 aromatic carbocycles. The van der Waals surface area contributed by atoms with Crippen LogP contribution in [0.5, 0.6) is 28.7 Å². The first-order valence-corrected chi connectivity index (χ1v) is 13.5. The van der Waals surface area contributed by atoms with Gasteiger partial charge in [-0.1, -0.05) is 23.5 Å². The number of Topliss-reactive ketones (excluding diaryl/α,β-unsaturated/α-hetero) is 1. The van der Waals surface area contributed by atoms with Crippen molar-refractivity contribution in [2.45, 2.75) is 13.0 Å².